The minimum absolute atomic E-state index is 0.0988. The molecule has 1 fully saturated rings. The van der Waals surface area contributed by atoms with Gasteiger partial charge in [-0.25, -0.2) is 9.97 Å². The van der Waals surface area contributed by atoms with Gasteiger partial charge in [0.2, 0.25) is 6.79 Å². The van der Waals surface area contributed by atoms with Crippen molar-refractivity contribution in [2.75, 3.05) is 37.9 Å². The molecule has 0 radical (unpaired) electrons. The molecule has 2 aliphatic rings. The van der Waals surface area contributed by atoms with E-state index in [0.717, 1.165) is 72.1 Å². The predicted octanol–water partition coefficient (Wildman–Crippen LogP) is 5.44. The summed E-state index contributed by atoms with van der Waals surface area (Å²) in [6.07, 6.45) is 1.72. The average Bonchev–Trinajstić information content (AvgIpc) is 3.51. The average molecular weight is 611 g/mol. The lowest BCUT2D eigenvalue weighted by atomic mass is 9.92. The quantitative estimate of drug-likeness (QED) is 0.196. The number of anilines is 1. The number of carbonyl (C=O) groups is 1. The Balaban J connectivity index is 1.06. The molecule has 0 bridgehead atoms. The Morgan fingerprint density at radius 3 is 2.43 bits per heavy atom. The summed E-state index contributed by atoms with van der Waals surface area (Å²) >= 11 is 1.63. The van der Waals surface area contributed by atoms with E-state index in [0.29, 0.717) is 24.7 Å². The van der Waals surface area contributed by atoms with Crippen molar-refractivity contribution in [3.05, 3.63) is 101 Å². The Labute approximate surface area is 263 Å². The van der Waals surface area contributed by atoms with Crippen molar-refractivity contribution < 1.29 is 14.3 Å². The summed E-state index contributed by atoms with van der Waals surface area (Å²) in [5, 5.41) is 3.70. The predicted molar refractivity (Wildman–Crippen MR) is 172 cm³/mol. The van der Waals surface area contributed by atoms with Crippen LogP contribution in [0.4, 0.5) is 5.82 Å². The summed E-state index contributed by atoms with van der Waals surface area (Å²) in [6.45, 7) is 11.9. The summed E-state index contributed by atoms with van der Waals surface area (Å²) < 4.78 is 11.0. The maximum absolute atomic E-state index is 12.6. The number of hydrogen-bond donors (Lipinski definition) is 1. The maximum Gasteiger partial charge on any atom is 0.251 e. The Morgan fingerprint density at radius 1 is 0.909 bits per heavy atom. The van der Waals surface area contributed by atoms with Crippen LogP contribution in [0, 0.1) is 0 Å². The lowest BCUT2D eigenvalue weighted by molar-refractivity contribution is 0.0950. The molecule has 2 aliphatic heterocycles. The number of thioether (sulfide) groups is 1. The SMILES string of the molecule is CC(C)(C)c1cc(N2CCN(Cc3ccc4c(c3)OCO4)CC2)nc(SCc2ccc(C(=O)NCc3ccccn3)cc2)n1. The standard InChI is InChI=1S/C34H38N6O3S/c1-34(2,3)30-19-31(40-16-14-39(15-17-40)21-25-9-12-28-29(18-25)43-23-42-28)38-33(37-30)44-22-24-7-10-26(11-8-24)32(41)36-20-27-6-4-5-13-35-27/h4-13,18-19H,14-17,20-23H2,1-3H3,(H,36,41). The van der Waals surface area contributed by atoms with Crippen LogP contribution in [-0.4, -0.2) is 58.7 Å². The van der Waals surface area contributed by atoms with E-state index in [9.17, 15) is 4.79 Å². The zero-order chi connectivity index (χ0) is 30.5. The van der Waals surface area contributed by atoms with Crippen LogP contribution in [0.2, 0.25) is 0 Å². The second-order valence-corrected chi connectivity index (χ2v) is 13.0. The second kappa shape index (κ2) is 13.2. The molecule has 1 saturated heterocycles. The van der Waals surface area contributed by atoms with Crippen molar-refractivity contribution in [2.45, 2.75) is 50.2 Å². The molecule has 0 atom stereocenters. The lowest BCUT2D eigenvalue weighted by Gasteiger charge is -2.36. The largest absolute Gasteiger partial charge is 0.454 e. The Kier molecular flexibility index (Phi) is 8.99. The molecule has 9 nitrogen and oxygen atoms in total. The van der Waals surface area contributed by atoms with Crippen LogP contribution in [0.3, 0.4) is 0 Å². The van der Waals surface area contributed by atoms with Crippen LogP contribution in [0.5, 0.6) is 11.5 Å². The van der Waals surface area contributed by atoms with E-state index in [-0.39, 0.29) is 11.3 Å². The van der Waals surface area contributed by atoms with E-state index >= 15 is 0 Å². The van der Waals surface area contributed by atoms with Gasteiger partial charge in [-0.1, -0.05) is 56.8 Å². The van der Waals surface area contributed by atoms with Gasteiger partial charge in [0.15, 0.2) is 16.7 Å². The van der Waals surface area contributed by atoms with Gasteiger partial charge in [0.1, 0.15) is 5.82 Å². The van der Waals surface area contributed by atoms with E-state index in [1.165, 1.54) is 5.56 Å². The summed E-state index contributed by atoms with van der Waals surface area (Å²) in [5.74, 6) is 3.24. The molecule has 4 aromatic rings. The van der Waals surface area contributed by atoms with Gasteiger partial charge in [-0.3, -0.25) is 14.7 Å². The fourth-order valence-electron chi connectivity index (χ4n) is 5.13. The molecule has 1 N–H and O–H groups in total. The third kappa shape index (κ3) is 7.49. The number of fused-ring (bicyclic) bond motifs is 1. The Hall–Kier alpha value is -4.15. The number of pyridine rings is 1. The molecule has 6 rings (SSSR count). The summed E-state index contributed by atoms with van der Waals surface area (Å²) in [7, 11) is 0. The lowest BCUT2D eigenvalue weighted by Crippen LogP contribution is -2.46. The van der Waals surface area contributed by atoms with Gasteiger partial charge in [-0.2, -0.15) is 0 Å². The van der Waals surface area contributed by atoms with E-state index in [1.807, 2.05) is 48.5 Å². The molecule has 0 saturated carbocycles. The van der Waals surface area contributed by atoms with E-state index in [4.69, 9.17) is 19.4 Å². The van der Waals surface area contributed by atoms with E-state index < -0.39 is 0 Å². The van der Waals surface area contributed by atoms with Crippen LogP contribution in [0.15, 0.2) is 78.1 Å². The van der Waals surface area contributed by atoms with Crippen LogP contribution in [-0.2, 0) is 24.3 Å². The normalized spacial score (nSPS) is 14.9. The molecule has 10 heteroatoms. The van der Waals surface area contributed by atoms with Gasteiger partial charge in [-0.05, 0) is 47.5 Å². The van der Waals surface area contributed by atoms with Crippen LogP contribution in [0.25, 0.3) is 0 Å². The molecule has 0 unspecified atom stereocenters. The fraction of sp³-hybridized carbons (Fsp3) is 0.353. The molecule has 0 spiro atoms. The van der Waals surface area contributed by atoms with E-state index in [2.05, 4.69) is 59.1 Å². The van der Waals surface area contributed by atoms with Crippen LogP contribution < -0.4 is 19.7 Å². The molecule has 4 heterocycles. The van der Waals surface area contributed by atoms with E-state index in [1.54, 1.807) is 18.0 Å². The minimum Gasteiger partial charge on any atom is -0.454 e. The molecule has 228 valence electrons. The molecule has 2 aromatic heterocycles. The van der Waals surface area contributed by atoms with Crippen molar-refractivity contribution in [2.24, 2.45) is 0 Å². The topological polar surface area (TPSA) is 92.7 Å². The summed E-state index contributed by atoms with van der Waals surface area (Å²) in [5.41, 5.74) is 4.73. The van der Waals surface area contributed by atoms with Gasteiger partial charge < -0.3 is 19.7 Å². The number of nitrogens with zero attached hydrogens (tertiary/aromatic N) is 5. The maximum atomic E-state index is 12.6. The zero-order valence-corrected chi connectivity index (χ0v) is 26.3. The van der Waals surface area contributed by atoms with Gasteiger partial charge in [0.05, 0.1) is 17.9 Å². The van der Waals surface area contributed by atoms with Gasteiger partial charge >= 0.3 is 0 Å². The van der Waals surface area contributed by atoms with Crippen molar-refractivity contribution in [3.8, 4) is 11.5 Å². The number of nitrogens with one attached hydrogen (secondary N) is 1. The molecular formula is C34H38N6O3S. The molecule has 44 heavy (non-hydrogen) atoms. The number of benzene rings is 2. The van der Waals surface area contributed by atoms with Crippen LogP contribution >= 0.6 is 11.8 Å². The first-order valence-electron chi connectivity index (χ1n) is 15.0. The number of rotatable bonds is 9. The number of piperazine rings is 1. The fourth-order valence-corrected chi connectivity index (χ4v) is 5.94. The van der Waals surface area contributed by atoms with Crippen molar-refractivity contribution >= 4 is 23.5 Å². The summed E-state index contributed by atoms with van der Waals surface area (Å²) in [6, 6.07) is 21.7. The first-order chi connectivity index (χ1) is 21.3. The first kappa shape index (κ1) is 29.9. The number of carbonyl (C=O) groups excluding carboxylic acids is 1. The van der Waals surface area contributed by atoms with Gasteiger partial charge in [0.25, 0.3) is 5.91 Å². The van der Waals surface area contributed by atoms with Crippen molar-refractivity contribution in [3.63, 3.8) is 0 Å². The molecular weight excluding hydrogens is 572 g/mol. The second-order valence-electron chi connectivity index (χ2n) is 12.1. The van der Waals surface area contributed by atoms with Crippen molar-refractivity contribution in [1.29, 1.82) is 0 Å². The highest BCUT2D eigenvalue weighted by atomic mass is 32.2. The Bertz CT molecular complexity index is 1590. The first-order valence-corrected chi connectivity index (χ1v) is 15.9. The smallest absolute Gasteiger partial charge is 0.251 e. The number of hydrogen-bond acceptors (Lipinski definition) is 9. The number of amides is 1. The molecule has 2 aromatic carbocycles. The third-order valence-corrected chi connectivity index (χ3v) is 8.66. The third-order valence-electron chi connectivity index (χ3n) is 7.74. The van der Waals surface area contributed by atoms with Crippen molar-refractivity contribution in [1.82, 2.24) is 25.2 Å². The van der Waals surface area contributed by atoms with Crippen LogP contribution in [0.1, 0.15) is 53.6 Å². The van der Waals surface area contributed by atoms with Gasteiger partial charge in [-0.15, -0.1) is 0 Å². The van der Waals surface area contributed by atoms with Gasteiger partial charge in [0, 0.05) is 61.7 Å². The monoisotopic (exact) mass is 610 g/mol. The zero-order valence-electron chi connectivity index (χ0n) is 25.5. The number of ether oxygens (including phenoxy) is 2. The highest BCUT2D eigenvalue weighted by Gasteiger charge is 2.24. The molecule has 1 amide bonds. The highest BCUT2D eigenvalue weighted by Crippen LogP contribution is 2.33. The minimum atomic E-state index is -0.114. The highest BCUT2D eigenvalue weighted by molar-refractivity contribution is 7.98. The number of aromatic nitrogens is 3. The Morgan fingerprint density at radius 2 is 1.68 bits per heavy atom. The summed E-state index contributed by atoms with van der Waals surface area (Å²) in [4.78, 5) is 31.6. The molecule has 0 aliphatic carbocycles.